The first-order chi connectivity index (χ1) is 15.7. The van der Waals surface area contributed by atoms with Crippen LogP contribution in [0.25, 0.3) is 10.9 Å². The second-order valence-electron chi connectivity index (χ2n) is 7.56. The summed E-state index contributed by atoms with van der Waals surface area (Å²) < 4.78 is 11.6. The molecule has 1 unspecified atom stereocenters. The van der Waals surface area contributed by atoms with Gasteiger partial charge in [0.05, 0.1) is 7.11 Å². The number of carboxylic acids is 1. The van der Waals surface area contributed by atoms with Gasteiger partial charge in [0.15, 0.2) is 11.5 Å². The number of para-hydroxylation sites is 2. The molecule has 0 saturated carbocycles. The molecule has 1 atom stereocenters. The number of fused-ring (bicyclic) bond motifs is 1. The second kappa shape index (κ2) is 10.0. The number of benzene rings is 3. The van der Waals surface area contributed by atoms with Crippen LogP contribution in [0, 0.1) is 0 Å². The topological polar surface area (TPSA) is 83.6 Å². The minimum absolute atomic E-state index is 0.334. The number of aromatic nitrogens is 1. The Bertz CT molecular complexity index is 1190. The van der Waals surface area contributed by atoms with Crippen molar-refractivity contribution in [1.29, 1.82) is 0 Å². The van der Waals surface area contributed by atoms with Gasteiger partial charge in [-0.3, -0.25) is 10.1 Å². The predicted octanol–water partition coefficient (Wildman–Crippen LogP) is 4.54. The summed E-state index contributed by atoms with van der Waals surface area (Å²) in [5, 5.41) is 14.0. The van der Waals surface area contributed by atoms with Crippen LogP contribution in [0.5, 0.6) is 11.5 Å². The molecule has 1 aromatic heterocycles. The highest BCUT2D eigenvalue weighted by Gasteiger charge is 2.20. The van der Waals surface area contributed by atoms with Crippen LogP contribution < -0.4 is 14.8 Å². The Hall–Kier alpha value is -3.77. The van der Waals surface area contributed by atoms with E-state index in [-0.39, 0.29) is 0 Å². The molecule has 0 spiro atoms. The molecule has 0 saturated heterocycles. The van der Waals surface area contributed by atoms with Gasteiger partial charge in [-0.2, -0.15) is 0 Å². The van der Waals surface area contributed by atoms with Gasteiger partial charge in [0.25, 0.3) is 0 Å². The number of methoxy groups -OCH3 is 1. The Morgan fingerprint density at radius 3 is 2.56 bits per heavy atom. The first kappa shape index (κ1) is 21.5. The largest absolute Gasteiger partial charge is 0.493 e. The number of hydrogen-bond acceptors (Lipinski definition) is 4. The summed E-state index contributed by atoms with van der Waals surface area (Å²) in [6, 6.07) is 22.6. The van der Waals surface area contributed by atoms with Crippen molar-refractivity contribution in [3.8, 4) is 11.5 Å². The van der Waals surface area contributed by atoms with Crippen molar-refractivity contribution in [3.05, 3.63) is 95.7 Å². The molecule has 0 amide bonds. The lowest BCUT2D eigenvalue weighted by atomic mass is 10.0. The monoisotopic (exact) mass is 430 g/mol. The first-order valence-corrected chi connectivity index (χ1v) is 10.5. The molecule has 6 heteroatoms. The van der Waals surface area contributed by atoms with Gasteiger partial charge in [-0.15, -0.1) is 0 Å². The lowest BCUT2D eigenvalue weighted by molar-refractivity contribution is -0.139. The average Bonchev–Trinajstić information content (AvgIpc) is 3.23. The van der Waals surface area contributed by atoms with Crippen LogP contribution in [0.4, 0.5) is 0 Å². The zero-order valence-corrected chi connectivity index (χ0v) is 17.9. The number of nitrogens with one attached hydrogen (secondary N) is 2. The number of aliphatic carboxylic acids is 1. The second-order valence-corrected chi connectivity index (χ2v) is 7.56. The molecule has 0 fully saturated rings. The van der Waals surface area contributed by atoms with Crippen LogP contribution in [-0.4, -0.2) is 29.2 Å². The molecule has 32 heavy (non-hydrogen) atoms. The van der Waals surface area contributed by atoms with E-state index in [0.29, 0.717) is 31.1 Å². The molecule has 0 aliphatic rings. The molecule has 3 N–H and O–H groups in total. The zero-order chi connectivity index (χ0) is 22.3. The molecule has 4 rings (SSSR count). The third-order valence-electron chi connectivity index (χ3n) is 5.44. The summed E-state index contributed by atoms with van der Waals surface area (Å²) >= 11 is 0. The van der Waals surface area contributed by atoms with Crippen molar-refractivity contribution >= 4 is 16.9 Å². The van der Waals surface area contributed by atoms with Crippen molar-refractivity contribution in [2.45, 2.75) is 25.6 Å². The molecule has 164 valence electrons. The van der Waals surface area contributed by atoms with E-state index in [2.05, 4.69) is 10.3 Å². The van der Waals surface area contributed by atoms with Gasteiger partial charge in [0, 0.05) is 35.6 Å². The van der Waals surface area contributed by atoms with Crippen molar-refractivity contribution in [2.75, 3.05) is 7.11 Å². The number of rotatable bonds is 10. The molecule has 0 aliphatic carbocycles. The van der Waals surface area contributed by atoms with Gasteiger partial charge in [-0.05, 0) is 23.3 Å². The van der Waals surface area contributed by atoms with Crippen LogP contribution in [0.15, 0.2) is 79.0 Å². The molecular weight excluding hydrogens is 404 g/mol. The van der Waals surface area contributed by atoms with Crippen molar-refractivity contribution in [3.63, 3.8) is 0 Å². The number of ether oxygens (including phenoxy) is 2. The lowest BCUT2D eigenvalue weighted by Crippen LogP contribution is -2.38. The van der Waals surface area contributed by atoms with E-state index in [0.717, 1.165) is 27.6 Å². The van der Waals surface area contributed by atoms with Crippen molar-refractivity contribution in [2.24, 2.45) is 0 Å². The Morgan fingerprint density at radius 1 is 1.00 bits per heavy atom. The van der Waals surface area contributed by atoms with Gasteiger partial charge in [0.1, 0.15) is 12.6 Å². The van der Waals surface area contributed by atoms with Gasteiger partial charge in [-0.25, -0.2) is 0 Å². The van der Waals surface area contributed by atoms with Gasteiger partial charge in [0.2, 0.25) is 0 Å². The highest BCUT2D eigenvalue weighted by molar-refractivity contribution is 5.84. The molecular formula is C26H26N2O4. The maximum absolute atomic E-state index is 12.0. The molecule has 0 aliphatic heterocycles. The Balaban J connectivity index is 1.50. The molecule has 4 aromatic rings. The summed E-state index contributed by atoms with van der Waals surface area (Å²) in [5.41, 5.74) is 3.84. The third kappa shape index (κ3) is 4.92. The maximum Gasteiger partial charge on any atom is 0.321 e. The van der Waals surface area contributed by atoms with Crippen LogP contribution in [0.3, 0.4) is 0 Å². The van der Waals surface area contributed by atoms with Gasteiger partial charge >= 0.3 is 5.97 Å². The Kier molecular flexibility index (Phi) is 6.72. The molecule has 0 radical (unpaired) electrons. The third-order valence-corrected chi connectivity index (χ3v) is 5.44. The quantitative estimate of drug-likeness (QED) is 0.344. The number of aromatic amines is 1. The molecule has 3 aromatic carbocycles. The normalized spacial score (nSPS) is 11.9. The summed E-state index contributed by atoms with van der Waals surface area (Å²) in [7, 11) is 1.60. The number of hydrogen-bond donors (Lipinski definition) is 3. The lowest BCUT2D eigenvalue weighted by Gasteiger charge is -2.18. The molecule has 0 bridgehead atoms. The van der Waals surface area contributed by atoms with E-state index >= 15 is 0 Å². The smallest absolute Gasteiger partial charge is 0.321 e. The number of carbonyl (C=O) groups is 1. The van der Waals surface area contributed by atoms with Crippen LogP contribution in [0.2, 0.25) is 0 Å². The minimum Gasteiger partial charge on any atom is -0.493 e. The van der Waals surface area contributed by atoms with E-state index < -0.39 is 12.0 Å². The van der Waals surface area contributed by atoms with E-state index in [1.54, 1.807) is 7.11 Å². The first-order valence-electron chi connectivity index (χ1n) is 10.5. The molecule has 6 nitrogen and oxygen atoms in total. The Labute approximate surface area is 186 Å². The Morgan fingerprint density at radius 2 is 1.78 bits per heavy atom. The summed E-state index contributed by atoms with van der Waals surface area (Å²) in [6.45, 7) is 0.729. The van der Waals surface area contributed by atoms with Crippen molar-refractivity contribution in [1.82, 2.24) is 10.3 Å². The van der Waals surface area contributed by atoms with Crippen LogP contribution >= 0.6 is 0 Å². The summed E-state index contributed by atoms with van der Waals surface area (Å²) in [6.07, 6.45) is 2.24. The van der Waals surface area contributed by atoms with Crippen molar-refractivity contribution < 1.29 is 19.4 Å². The van der Waals surface area contributed by atoms with E-state index in [1.807, 2.05) is 79.0 Å². The van der Waals surface area contributed by atoms with E-state index in [9.17, 15) is 9.90 Å². The zero-order valence-electron chi connectivity index (χ0n) is 17.9. The summed E-state index contributed by atoms with van der Waals surface area (Å²) in [4.78, 5) is 15.2. The number of carboxylic acid groups (broad SMARTS) is 1. The van der Waals surface area contributed by atoms with E-state index in [1.165, 1.54) is 0 Å². The van der Waals surface area contributed by atoms with Gasteiger partial charge < -0.3 is 19.6 Å². The molecule has 1 heterocycles. The highest BCUT2D eigenvalue weighted by atomic mass is 16.5. The van der Waals surface area contributed by atoms with Gasteiger partial charge in [-0.1, -0.05) is 60.7 Å². The van der Waals surface area contributed by atoms with E-state index in [4.69, 9.17) is 9.47 Å². The predicted molar refractivity (Wildman–Crippen MR) is 124 cm³/mol. The maximum atomic E-state index is 12.0. The standard InChI is InChI=1S/C26H26N2O4/c1-31-24-13-7-10-19(25(24)32-17-18-8-3-2-4-9-18)15-28-23(26(29)30)14-20-16-27-22-12-6-5-11-21(20)22/h2-13,16,23,27-28H,14-15,17H2,1H3,(H,29,30). The average molecular weight is 431 g/mol. The fourth-order valence-corrected chi connectivity index (χ4v) is 3.76. The van der Waals surface area contributed by atoms with Crippen LogP contribution in [0.1, 0.15) is 16.7 Å². The highest BCUT2D eigenvalue weighted by Crippen LogP contribution is 2.32. The SMILES string of the molecule is COc1cccc(CNC(Cc2c[nH]c3ccccc23)C(=O)O)c1OCc1ccccc1. The fraction of sp³-hybridized carbons (Fsp3) is 0.192. The summed E-state index contributed by atoms with van der Waals surface area (Å²) in [5.74, 6) is 0.330. The van der Waals surface area contributed by atoms with Crippen LogP contribution in [-0.2, 0) is 24.4 Å². The fourth-order valence-electron chi connectivity index (χ4n) is 3.76. The minimum atomic E-state index is -0.898. The number of H-pyrrole nitrogens is 1.